The van der Waals surface area contributed by atoms with E-state index in [-0.39, 0.29) is 4.47 Å². The number of nitro benzene ring substituents is 2. The lowest BCUT2D eigenvalue weighted by Gasteiger charge is -2.19. The Hall–Kier alpha value is -3.34. The van der Waals surface area contributed by atoms with Gasteiger partial charge in [-0.2, -0.15) is 0 Å². The van der Waals surface area contributed by atoms with E-state index in [4.69, 9.17) is 0 Å². The van der Waals surface area contributed by atoms with E-state index < -0.39 is 66.5 Å². The molecule has 1 aliphatic rings. The third-order valence-electron chi connectivity index (χ3n) is 3.70. The van der Waals surface area contributed by atoms with Crippen LogP contribution in [-0.2, 0) is 0 Å². The van der Waals surface area contributed by atoms with Gasteiger partial charge in [-0.25, -0.2) is 0 Å². The minimum atomic E-state index is -1.21. The first-order valence-electron chi connectivity index (χ1n) is 6.46. The Labute approximate surface area is 145 Å². The minimum Gasteiger partial charge on any atom is -0.507 e. The molecule has 0 fully saturated rings. The molecule has 2 aromatic rings. The number of aromatic hydroxyl groups is 2. The molecule has 0 bridgehead atoms. The number of hydrogen-bond acceptors (Lipinski definition) is 8. The zero-order valence-corrected chi connectivity index (χ0v) is 13.4. The van der Waals surface area contributed by atoms with E-state index in [1.165, 1.54) is 0 Å². The maximum absolute atomic E-state index is 12.7. The second-order valence-corrected chi connectivity index (χ2v) is 5.86. The van der Waals surface area contributed by atoms with Gasteiger partial charge in [0.05, 0.1) is 25.4 Å². The van der Waals surface area contributed by atoms with Gasteiger partial charge in [-0.05, 0) is 22.0 Å². The fourth-order valence-corrected chi connectivity index (χ4v) is 3.08. The zero-order valence-electron chi connectivity index (χ0n) is 11.8. The molecule has 11 heteroatoms. The van der Waals surface area contributed by atoms with Crippen molar-refractivity contribution in [2.75, 3.05) is 0 Å². The van der Waals surface area contributed by atoms with Crippen LogP contribution in [-0.4, -0.2) is 31.6 Å². The quantitative estimate of drug-likeness (QED) is 0.482. The van der Waals surface area contributed by atoms with Crippen LogP contribution >= 0.6 is 15.9 Å². The lowest BCUT2D eigenvalue weighted by atomic mass is 9.81. The Morgan fingerprint density at radius 3 is 1.92 bits per heavy atom. The van der Waals surface area contributed by atoms with Gasteiger partial charge in [0.15, 0.2) is 0 Å². The zero-order chi connectivity index (χ0) is 18.6. The normalized spacial score (nSPS) is 12.5. The Morgan fingerprint density at radius 2 is 1.36 bits per heavy atom. The number of fused-ring (bicyclic) bond motifs is 2. The van der Waals surface area contributed by atoms with Gasteiger partial charge in [0.25, 0.3) is 11.4 Å². The number of carbonyl (C=O) groups excluding carboxylic acids is 2. The first kappa shape index (κ1) is 16.5. The topological polar surface area (TPSA) is 161 Å². The molecular formula is C14H5BrN2O8. The number of nitro groups is 2. The maximum Gasteiger partial charge on any atom is 0.282 e. The summed E-state index contributed by atoms with van der Waals surface area (Å²) in [5.74, 6) is -3.79. The average molecular weight is 409 g/mol. The summed E-state index contributed by atoms with van der Waals surface area (Å²) >= 11 is 2.85. The summed E-state index contributed by atoms with van der Waals surface area (Å²) in [5.41, 5.74) is -4.50. The molecule has 2 aromatic carbocycles. The molecule has 0 atom stereocenters. The predicted molar refractivity (Wildman–Crippen MR) is 84.1 cm³/mol. The van der Waals surface area contributed by atoms with Crippen LogP contribution in [0.4, 0.5) is 11.4 Å². The van der Waals surface area contributed by atoms with Gasteiger partial charge < -0.3 is 10.2 Å². The Kier molecular flexibility index (Phi) is 3.53. The van der Waals surface area contributed by atoms with E-state index in [0.717, 1.165) is 18.2 Å². The van der Waals surface area contributed by atoms with E-state index in [9.17, 15) is 40.0 Å². The molecule has 2 N–H and O–H groups in total. The van der Waals surface area contributed by atoms with Crippen molar-refractivity contribution < 1.29 is 29.6 Å². The number of hydrogen-bond donors (Lipinski definition) is 2. The highest BCUT2D eigenvalue weighted by atomic mass is 79.9. The molecule has 0 aromatic heterocycles. The van der Waals surface area contributed by atoms with E-state index in [1.807, 2.05) is 0 Å². The lowest BCUT2D eigenvalue weighted by Crippen LogP contribution is -2.24. The highest BCUT2D eigenvalue weighted by molar-refractivity contribution is 9.10. The molecule has 0 saturated carbocycles. The Bertz CT molecular complexity index is 1030. The smallest absolute Gasteiger partial charge is 0.282 e. The van der Waals surface area contributed by atoms with Crippen molar-refractivity contribution in [3.05, 3.63) is 65.2 Å². The molecule has 0 unspecified atom stereocenters. The second kappa shape index (κ2) is 5.34. The van der Waals surface area contributed by atoms with Gasteiger partial charge in [0.1, 0.15) is 22.6 Å². The summed E-state index contributed by atoms with van der Waals surface area (Å²) in [6.45, 7) is 0. The highest BCUT2D eigenvalue weighted by Crippen LogP contribution is 2.45. The van der Waals surface area contributed by atoms with Crippen LogP contribution in [0.3, 0.4) is 0 Å². The van der Waals surface area contributed by atoms with Crippen LogP contribution in [0, 0.1) is 20.2 Å². The van der Waals surface area contributed by atoms with Crippen LogP contribution in [0.5, 0.6) is 11.5 Å². The lowest BCUT2D eigenvalue weighted by molar-refractivity contribution is -0.385. The number of nitrogens with zero attached hydrogens (tertiary/aromatic N) is 2. The molecule has 0 radical (unpaired) electrons. The molecule has 10 nitrogen and oxygen atoms in total. The molecular weight excluding hydrogens is 404 g/mol. The van der Waals surface area contributed by atoms with E-state index in [0.29, 0.717) is 0 Å². The van der Waals surface area contributed by atoms with Crippen molar-refractivity contribution in [2.45, 2.75) is 0 Å². The van der Waals surface area contributed by atoms with Crippen molar-refractivity contribution >= 4 is 38.9 Å². The minimum absolute atomic E-state index is 0.215. The average Bonchev–Trinajstić information content (AvgIpc) is 2.53. The van der Waals surface area contributed by atoms with Crippen molar-refractivity contribution in [2.24, 2.45) is 0 Å². The van der Waals surface area contributed by atoms with Gasteiger partial charge in [0.2, 0.25) is 11.6 Å². The molecule has 0 saturated heterocycles. The van der Waals surface area contributed by atoms with E-state index >= 15 is 0 Å². The van der Waals surface area contributed by atoms with Gasteiger partial charge >= 0.3 is 0 Å². The molecule has 1 aliphatic carbocycles. The van der Waals surface area contributed by atoms with Gasteiger partial charge in [0, 0.05) is 12.1 Å². The number of halogens is 1. The summed E-state index contributed by atoms with van der Waals surface area (Å²) in [6.07, 6.45) is 0. The third kappa shape index (κ3) is 2.16. The summed E-state index contributed by atoms with van der Waals surface area (Å²) < 4.78 is -0.215. The molecule has 0 amide bonds. The SMILES string of the molecule is O=C1c2c([N+](=O)[O-])ccc(O)c2C(=O)c2c(O)c(Br)cc([N+](=O)[O-])c21. The molecule has 3 rings (SSSR count). The monoisotopic (exact) mass is 408 g/mol. The van der Waals surface area contributed by atoms with E-state index in [1.54, 1.807) is 0 Å². The number of phenols is 2. The second-order valence-electron chi connectivity index (χ2n) is 5.00. The summed E-state index contributed by atoms with van der Waals surface area (Å²) in [5, 5.41) is 42.4. The molecule has 126 valence electrons. The molecule has 0 heterocycles. The van der Waals surface area contributed by atoms with Crippen LogP contribution in [0.1, 0.15) is 31.8 Å². The molecule has 0 aliphatic heterocycles. The van der Waals surface area contributed by atoms with Crippen LogP contribution in [0.15, 0.2) is 22.7 Å². The summed E-state index contributed by atoms with van der Waals surface area (Å²) in [6, 6.07) is 2.49. The number of phenolic OH excluding ortho intramolecular Hbond substituents is 2. The number of benzene rings is 2. The van der Waals surface area contributed by atoms with Crippen LogP contribution < -0.4 is 0 Å². The van der Waals surface area contributed by atoms with E-state index in [2.05, 4.69) is 15.9 Å². The Morgan fingerprint density at radius 1 is 0.840 bits per heavy atom. The van der Waals surface area contributed by atoms with Gasteiger partial charge in [-0.3, -0.25) is 29.8 Å². The Balaban J connectivity index is 2.51. The summed E-state index contributed by atoms with van der Waals surface area (Å²) in [7, 11) is 0. The standard InChI is InChI=1S/C14H5BrN2O8/c15-4-3-6(17(24)25)9-11(12(4)19)14(21)10-7(18)2-1-5(16(22)23)8(10)13(9)20/h1-3,18-19H. The van der Waals surface area contributed by atoms with Crippen molar-refractivity contribution in [1.82, 2.24) is 0 Å². The highest BCUT2D eigenvalue weighted by Gasteiger charge is 2.44. The number of rotatable bonds is 2. The van der Waals surface area contributed by atoms with Gasteiger partial charge in [-0.1, -0.05) is 0 Å². The molecule has 0 spiro atoms. The largest absolute Gasteiger partial charge is 0.507 e. The molecule has 25 heavy (non-hydrogen) atoms. The van der Waals surface area contributed by atoms with Gasteiger partial charge in [-0.15, -0.1) is 0 Å². The number of ketones is 2. The summed E-state index contributed by atoms with van der Waals surface area (Å²) in [4.78, 5) is 45.9. The number of carbonyl (C=O) groups is 2. The van der Waals surface area contributed by atoms with Crippen molar-refractivity contribution in [3.8, 4) is 11.5 Å². The predicted octanol–water partition coefficient (Wildman–Crippen LogP) is 2.45. The van der Waals surface area contributed by atoms with Crippen molar-refractivity contribution in [3.63, 3.8) is 0 Å². The maximum atomic E-state index is 12.7. The van der Waals surface area contributed by atoms with Crippen LogP contribution in [0.2, 0.25) is 0 Å². The van der Waals surface area contributed by atoms with Crippen molar-refractivity contribution in [1.29, 1.82) is 0 Å². The first-order valence-corrected chi connectivity index (χ1v) is 7.25. The first-order chi connectivity index (χ1) is 11.7. The third-order valence-corrected chi connectivity index (χ3v) is 4.30. The van der Waals surface area contributed by atoms with Crippen LogP contribution in [0.25, 0.3) is 0 Å². The fraction of sp³-hybridized carbons (Fsp3) is 0. The fourth-order valence-electron chi connectivity index (χ4n) is 2.66.